The van der Waals surface area contributed by atoms with Gasteiger partial charge >= 0.3 is 0 Å². The van der Waals surface area contributed by atoms with Crippen LogP contribution in [0.1, 0.15) is 11.1 Å². The number of aromatic nitrogens is 2. The van der Waals surface area contributed by atoms with Gasteiger partial charge in [-0.1, -0.05) is 29.8 Å². The maximum atomic E-state index is 13.4. The summed E-state index contributed by atoms with van der Waals surface area (Å²) in [4.78, 5) is 12.5. The normalized spacial score (nSPS) is 11.7. The van der Waals surface area contributed by atoms with Gasteiger partial charge in [-0.15, -0.1) is 0 Å². The van der Waals surface area contributed by atoms with Gasteiger partial charge in [0.15, 0.2) is 0 Å². The van der Waals surface area contributed by atoms with Crippen molar-refractivity contribution in [1.29, 1.82) is 0 Å². The third-order valence-electron chi connectivity index (χ3n) is 4.77. The van der Waals surface area contributed by atoms with Gasteiger partial charge in [0.05, 0.1) is 16.8 Å². The highest BCUT2D eigenvalue weighted by Gasteiger charge is 2.08. The second-order valence-electron chi connectivity index (χ2n) is 7.17. The van der Waals surface area contributed by atoms with Crippen LogP contribution >= 0.6 is 11.6 Å². The Morgan fingerprint density at radius 2 is 2.03 bits per heavy atom. The predicted molar refractivity (Wildman–Crippen MR) is 133 cm³/mol. The summed E-state index contributed by atoms with van der Waals surface area (Å²) in [5.41, 5.74) is 11.2. The van der Waals surface area contributed by atoms with Gasteiger partial charge in [0.25, 0.3) is 0 Å². The lowest BCUT2D eigenvalue weighted by atomic mass is 10.1. The van der Waals surface area contributed by atoms with Gasteiger partial charge in [-0.25, -0.2) is 19.8 Å². The number of rotatable bonds is 7. The van der Waals surface area contributed by atoms with Crippen LogP contribution in [0.4, 0.5) is 15.9 Å². The fourth-order valence-electron chi connectivity index (χ4n) is 3.10. The van der Waals surface area contributed by atoms with E-state index in [1.807, 2.05) is 24.3 Å². The van der Waals surface area contributed by atoms with E-state index in [0.717, 1.165) is 22.2 Å². The van der Waals surface area contributed by atoms with Crippen LogP contribution < -0.4 is 21.2 Å². The van der Waals surface area contributed by atoms with E-state index >= 15 is 0 Å². The molecule has 172 valence electrons. The average Bonchev–Trinajstić information content (AvgIpc) is 2.84. The topological polar surface area (TPSA) is 110 Å². The third kappa shape index (κ3) is 5.76. The highest BCUT2D eigenvalue weighted by Crippen LogP contribution is 2.31. The van der Waals surface area contributed by atoms with E-state index in [9.17, 15) is 4.39 Å². The van der Waals surface area contributed by atoms with E-state index in [1.54, 1.807) is 37.5 Å². The second kappa shape index (κ2) is 10.6. The molecule has 10 heteroatoms. The SMILES string of the molecule is CN=C(N)NN=Cc1ccc2ncnc(Nc3ccc(OCc4cccc(F)c4)c(Cl)c3)c2c1. The molecule has 0 unspecified atom stereocenters. The fraction of sp³-hybridized carbons (Fsp3) is 0.0833. The van der Waals surface area contributed by atoms with Crippen LogP contribution in [0.25, 0.3) is 10.9 Å². The number of halogens is 2. The molecule has 0 saturated carbocycles. The summed E-state index contributed by atoms with van der Waals surface area (Å²) in [6, 6.07) is 17.2. The van der Waals surface area contributed by atoms with Crippen molar-refractivity contribution in [3.8, 4) is 5.75 Å². The van der Waals surface area contributed by atoms with Crippen molar-refractivity contribution in [1.82, 2.24) is 15.4 Å². The summed E-state index contributed by atoms with van der Waals surface area (Å²) in [5.74, 6) is 0.994. The lowest BCUT2D eigenvalue weighted by Gasteiger charge is -2.12. The molecule has 0 spiro atoms. The van der Waals surface area contributed by atoms with Gasteiger partial charge < -0.3 is 15.8 Å². The van der Waals surface area contributed by atoms with Crippen molar-refractivity contribution in [3.63, 3.8) is 0 Å². The van der Waals surface area contributed by atoms with Gasteiger partial charge in [0, 0.05) is 18.1 Å². The van der Waals surface area contributed by atoms with Crippen LogP contribution in [0.5, 0.6) is 5.75 Å². The Balaban J connectivity index is 1.51. The molecule has 4 N–H and O–H groups in total. The first kappa shape index (κ1) is 22.9. The lowest BCUT2D eigenvalue weighted by Crippen LogP contribution is -2.26. The monoisotopic (exact) mass is 477 g/mol. The van der Waals surface area contributed by atoms with Gasteiger partial charge in [-0.2, -0.15) is 5.10 Å². The summed E-state index contributed by atoms with van der Waals surface area (Å²) in [6.07, 6.45) is 3.10. The molecule has 0 saturated heterocycles. The number of aliphatic imine (C=N–C) groups is 1. The van der Waals surface area contributed by atoms with Crippen molar-refractivity contribution in [2.24, 2.45) is 15.8 Å². The molecule has 0 atom stereocenters. The molecular weight excluding hydrogens is 457 g/mol. The fourth-order valence-corrected chi connectivity index (χ4v) is 3.33. The summed E-state index contributed by atoms with van der Waals surface area (Å²) >= 11 is 6.42. The van der Waals surface area contributed by atoms with E-state index in [2.05, 4.69) is 30.8 Å². The van der Waals surface area contributed by atoms with Crippen molar-refractivity contribution in [3.05, 3.63) is 89.0 Å². The largest absolute Gasteiger partial charge is 0.487 e. The predicted octanol–water partition coefficient (Wildman–Crippen LogP) is 4.61. The number of hydrogen-bond acceptors (Lipinski definition) is 6. The smallest absolute Gasteiger partial charge is 0.209 e. The Morgan fingerprint density at radius 1 is 1.15 bits per heavy atom. The van der Waals surface area contributed by atoms with Crippen molar-refractivity contribution in [2.45, 2.75) is 6.61 Å². The van der Waals surface area contributed by atoms with Gasteiger partial charge in [-0.05, 0) is 53.6 Å². The minimum absolute atomic E-state index is 0.204. The summed E-state index contributed by atoms with van der Waals surface area (Å²) in [7, 11) is 1.57. The first-order valence-corrected chi connectivity index (χ1v) is 10.6. The molecular formula is C24H21ClFN7O. The van der Waals surface area contributed by atoms with E-state index in [0.29, 0.717) is 22.2 Å². The van der Waals surface area contributed by atoms with Crippen molar-refractivity contribution >= 4 is 46.2 Å². The van der Waals surface area contributed by atoms with Gasteiger partial charge in [0.1, 0.15) is 30.3 Å². The zero-order valence-corrected chi connectivity index (χ0v) is 18.9. The van der Waals surface area contributed by atoms with Gasteiger partial charge in [0.2, 0.25) is 5.96 Å². The zero-order valence-electron chi connectivity index (χ0n) is 18.2. The Morgan fingerprint density at radius 3 is 2.82 bits per heavy atom. The number of anilines is 2. The molecule has 0 radical (unpaired) electrons. The summed E-state index contributed by atoms with van der Waals surface area (Å²) < 4.78 is 19.1. The quantitative estimate of drug-likeness (QED) is 0.204. The highest BCUT2D eigenvalue weighted by atomic mass is 35.5. The molecule has 34 heavy (non-hydrogen) atoms. The average molecular weight is 478 g/mol. The highest BCUT2D eigenvalue weighted by molar-refractivity contribution is 6.32. The number of hydrazone groups is 1. The second-order valence-corrected chi connectivity index (χ2v) is 7.57. The Bertz CT molecular complexity index is 1380. The molecule has 1 aromatic heterocycles. The Labute approximate surface area is 200 Å². The standard InChI is InChI=1S/C24H21ClFN7O/c1-28-24(27)33-31-12-15-5-7-21-19(10-15)23(30-14-29-21)32-18-6-8-22(20(25)11-18)34-13-16-3-2-4-17(26)9-16/h2-12,14H,13H2,1H3,(H3,27,28,33)(H,29,30,32). The Hall–Kier alpha value is -4.24. The van der Waals surface area contributed by atoms with Crippen LogP contribution in [0.15, 0.2) is 77.1 Å². The Kier molecular flexibility index (Phi) is 7.14. The number of fused-ring (bicyclic) bond motifs is 1. The molecule has 8 nitrogen and oxygen atoms in total. The summed E-state index contributed by atoms with van der Waals surface area (Å²) in [6.45, 7) is 0.204. The van der Waals surface area contributed by atoms with E-state index in [-0.39, 0.29) is 18.4 Å². The third-order valence-corrected chi connectivity index (χ3v) is 5.07. The maximum Gasteiger partial charge on any atom is 0.209 e. The number of nitrogens with zero attached hydrogens (tertiary/aromatic N) is 4. The molecule has 4 aromatic rings. The number of nitrogens with two attached hydrogens (primary N) is 1. The van der Waals surface area contributed by atoms with E-state index < -0.39 is 0 Å². The van der Waals surface area contributed by atoms with E-state index in [1.165, 1.54) is 18.5 Å². The number of benzene rings is 3. The minimum Gasteiger partial charge on any atom is -0.487 e. The van der Waals surface area contributed by atoms with Crippen LogP contribution in [-0.4, -0.2) is 29.2 Å². The zero-order chi connectivity index (χ0) is 23.9. The maximum absolute atomic E-state index is 13.4. The van der Waals surface area contributed by atoms with Crippen molar-refractivity contribution < 1.29 is 9.13 Å². The molecule has 0 aliphatic heterocycles. The van der Waals surface area contributed by atoms with Crippen LogP contribution in [0, 0.1) is 5.82 Å². The molecule has 0 aliphatic rings. The van der Waals surface area contributed by atoms with Crippen LogP contribution in [0.2, 0.25) is 5.02 Å². The number of hydrogen-bond donors (Lipinski definition) is 3. The van der Waals surface area contributed by atoms with Gasteiger partial charge in [-0.3, -0.25) is 4.99 Å². The van der Waals surface area contributed by atoms with Crippen LogP contribution in [-0.2, 0) is 6.61 Å². The molecule has 0 fully saturated rings. The number of nitrogens with one attached hydrogen (secondary N) is 2. The lowest BCUT2D eigenvalue weighted by molar-refractivity contribution is 0.306. The molecule has 0 aliphatic carbocycles. The molecule has 1 heterocycles. The first-order valence-electron chi connectivity index (χ1n) is 10.2. The van der Waals surface area contributed by atoms with Crippen molar-refractivity contribution in [2.75, 3.05) is 12.4 Å². The molecule has 0 amide bonds. The van der Waals surface area contributed by atoms with Crippen LogP contribution in [0.3, 0.4) is 0 Å². The molecule has 3 aromatic carbocycles. The number of ether oxygens (including phenoxy) is 1. The minimum atomic E-state index is -0.312. The molecule has 0 bridgehead atoms. The number of guanidine groups is 1. The molecule has 4 rings (SSSR count). The summed E-state index contributed by atoms with van der Waals surface area (Å²) in [5, 5.41) is 8.53. The first-order chi connectivity index (χ1) is 16.5. The van der Waals surface area contributed by atoms with E-state index in [4.69, 9.17) is 22.1 Å².